The fraction of sp³-hybridized carbons (Fsp3) is 0.706. The van der Waals surface area contributed by atoms with Crippen molar-refractivity contribution in [2.24, 2.45) is 0 Å². The molecule has 0 aromatic carbocycles. The van der Waals surface area contributed by atoms with Gasteiger partial charge in [0.15, 0.2) is 18.3 Å². The van der Waals surface area contributed by atoms with Crippen molar-refractivity contribution in [3.05, 3.63) is 0 Å². The molecule has 160 valence electrons. The third-order valence-electron chi connectivity index (χ3n) is 3.17. The highest BCUT2D eigenvalue weighted by molar-refractivity contribution is 5.68. The summed E-state index contributed by atoms with van der Waals surface area (Å²) >= 11 is 0. The van der Waals surface area contributed by atoms with Crippen molar-refractivity contribution in [2.75, 3.05) is 20.3 Å². The average Bonchev–Trinajstić information content (AvgIpc) is 2.54. The van der Waals surface area contributed by atoms with E-state index in [-0.39, 0.29) is 0 Å². The van der Waals surface area contributed by atoms with Crippen molar-refractivity contribution in [3.63, 3.8) is 0 Å². The smallest absolute Gasteiger partial charge is 0.303 e. The molecule has 0 saturated heterocycles. The highest BCUT2D eigenvalue weighted by atomic mass is 16.6. The summed E-state index contributed by atoms with van der Waals surface area (Å²) in [5.74, 6) is -3.53. The Kier molecular flexibility index (Phi) is 11.4. The van der Waals surface area contributed by atoms with Crippen LogP contribution in [-0.2, 0) is 52.4 Å². The van der Waals surface area contributed by atoms with Crippen LogP contribution in [0.4, 0.5) is 0 Å². The third-order valence-corrected chi connectivity index (χ3v) is 3.17. The molecule has 0 aromatic rings. The molecular formula is C17H26O11. The zero-order valence-corrected chi connectivity index (χ0v) is 16.7. The lowest BCUT2D eigenvalue weighted by molar-refractivity contribution is -0.201. The summed E-state index contributed by atoms with van der Waals surface area (Å²) in [6.07, 6.45) is -5.03. The summed E-state index contributed by atoms with van der Waals surface area (Å²) in [7, 11) is 1.22. The molecular weight excluding hydrogens is 380 g/mol. The van der Waals surface area contributed by atoms with E-state index < -0.39 is 67.5 Å². The molecule has 0 aliphatic rings. The van der Waals surface area contributed by atoms with Crippen LogP contribution in [0.25, 0.3) is 0 Å². The zero-order valence-electron chi connectivity index (χ0n) is 16.7. The fourth-order valence-electron chi connectivity index (χ4n) is 2.26. The molecule has 0 heterocycles. The van der Waals surface area contributed by atoms with Crippen molar-refractivity contribution >= 4 is 29.8 Å². The van der Waals surface area contributed by atoms with E-state index in [0.717, 1.165) is 34.6 Å². The summed E-state index contributed by atoms with van der Waals surface area (Å²) in [6, 6.07) is 0. The van der Waals surface area contributed by atoms with Crippen LogP contribution >= 0.6 is 0 Å². The van der Waals surface area contributed by atoms with Gasteiger partial charge in [0.25, 0.3) is 0 Å². The first-order valence-electron chi connectivity index (χ1n) is 8.29. The maximum atomic E-state index is 11.6. The molecule has 0 fully saturated rings. The van der Waals surface area contributed by atoms with E-state index >= 15 is 0 Å². The second-order valence-corrected chi connectivity index (χ2v) is 5.68. The van der Waals surface area contributed by atoms with Gasteiger partial charge in [-0.05, 0) is 0 Å². The summed E-state index contributed by atoms with van der Waals surface area (Å²) in [6.45, 7) is 4.76. The SMILES string of the molecule is CO[C@H]([C@@H](OC(C)=O)[C@H](COC(C)=O)OC(C)=O)[C@@H](COC(C)=O)OC(C)=O. The van der Waals surface area contributed by atoms with Gasteiger partial charge in [0.05, 0.1) is 0 Å². The minimum absolute atomic E-state index is 0.411. The van der Waals surface area contributed by atoms with Crippen LogP contribution in [0.5, 0.6) is 0 Å². The van der Waals surface area contributed by atoms with Crippen LogP contribution in [0.15, 0.2) is 0 Å². The predicted octanol–water partition coefficient (Wildman–Crippen LogP) is -0.0773. The van der Waals surface area contributed by atoms with Crippen LogP contribution in [0.1, 0.15) is 34.6 Å². The van der Waals surface area contributed by atoms with Gasteiger partial charge in [-0.25, -0.2) is 0 Å². The summed E-state index contributed by atoms with van der Waals surface area (Å²) < 4.78 is 30.5. The van der Waals surface area contributed by atoms with Crippen molar-refractivity contribution in [1.29, 1.82) is 0 Å². The van der Waals surface area contributed by atoms with E-state index in [1.54, 1.807) is 0 Å². The molecule has 0 radical (unpaired) electrons. The number of hydrogen-bond acceptors (Lipinski definition) is 11. The second-order valence-electron chi connectivity index (χ2n) is 5.68. The molecule has 0 saturated carbocycles. The lowest BCUT2D eigenvalue weighted by Crippen LogP contribution is -2.53. The van der Waals surface area contributed by atoms with Crippen LogP contribution in [-0.4, -0.2) is 74.6 Å². The molecule has 11 nitrogen and oxygen atoms in total. The molecule has 0 amide bonds. The largest absolute Gasteiger partial charge is 0.462 e. The van der Waals surface area contributed by atoms with E-state index in [1.807, 2.05) is 0 Å². The molecule has 0 rings (SSSR count). The molecule has 0 spiro atoms. The van der Waals surface area contributed by atoms with Crippen molar-refractivity contribution < 1.29 is 52.4 Å². The molecule has 0 N–H and O–H groups in total. The molecule has 4 atom stereocenters. The Morgan fingerprint density at radius 2 is 0.929 bits per heavy atom. The van der Waals surface area contributed by atoms with Gasteiger partial charge in [-0.2, -0.15) is 0 Å². The Morgan fingerprint density at radius 1 is 0.571 bits per heavy atom. The van der Waals surface area contributed by atoms with E-state index in [4.69, 9.17) is 28.4 Å². The maximum Gasteiger partial charge on any atom is 0.303 e. The maximum absolute atomic E-state index is 11.6. The molecule has 0 aliphatic heterocycles. The Labute approximate surface area is 162 Å². The normalized spacial score (nSPS) is 14.6. The van der Waals surface area contributed by atoms with E-state index in [9.17, 15) is 24.0 Å². The first-order chi connectivity index (χ1) is 13.0. The van der Waals surface area contributed by atoms with Gasteiger partial charge in [-0.15, -0.1) is 0 Å². The molecule has 0 aliphatic carbocycles. The number of carbonyl (C=O) groups excluding carboxylic acids is 5. The predicted molar refractivity (Wildman–Crippen MR) is 90.7 cm³/mol. The van der Waals surface area contributed by atoms with E-state index in [1.165, 1.54) is 7.11 Å². The molecule has 0 bridgehead atoms. The monoisotopic (exact) mass is 406 g/mol. The second kappa shape index (κ2) is 12.7. The molecule has 0 unspecified atom stereocenters. The average molecular weight is 406 g/mol. The number of rotatable bonds is 11. The lowest BCUT2D eigenvalue weighted by atomic mass is 10.0. The van der Waals surface area contributed by atoms with Gasteiger partial charge in [0, 0.05) is 41.7 Å². The third kappa shape index (κ3) is 10.5. The van der Waals surface area contributed by atoms with Crippen LogP contribution in [0.3, 0.4) is 0 Å². The van der Waals surface area contributed by atoms with Crippen molar-refractivity contribution in [2.45, 2.75) is 59.0 Å². The summed E-state index contributed by atoms with van der Waals surface area (Å²) in [4.78, 5) is 56.8. The van der Waals surface area contributed by atoms with Gasteiger partial charge >= 0.3 is 29.8 Å². The van der Waals surface area contributed by atoms with Crippen molar-refractivity contribution in [3.8, 4) is 0 Å². The van der Waals surface area contributed by atoms with E-state index in [0.29, 0.717) is 0 Å². The lowest BCUT2D eigenvalue weighted by Gasteiger charge is -2.34. The first kappa shape index (κ1) is 25.3. The minimum atomic E-state index is -1.34. The van der Waals surface area contributed by atoms with Gasteiger partial charge in [0.1, 0.15) is 19.3 Å². The first-order valence-corrected chi connectivity index (χ1v) is 8.29. The summed E-state index contributed by atoms with van der Waals surface area (Å²) in [5, 5.41) is 0. The number of esters is 5. The van der Waals surface area contributed by atoms with Gasteiger partial charge in [-0.1, -0.05) is 0 Å². The highest BCUT2D eigenvalue weighted by Crippen LogP contribution is 2.19. The molecule has 0 aromatic heterocycles. The number of ether oxygens (including phenoxy) is 6. The minimum Gasteiger partial charge on any atom is -0.462 e. The quantitative estimate of drug-likeness (QED) is 0.336. The number of carbonyl (C=O) groups is 5. The number of hydrogen-bond donors (Lipinski definition) is 0. The van der Waals surface area contributed by atoms with Gasteiger partial charge in [-0.3, -0.25) is 24.0 Å². The molecule has 11 heteroatoms. The van der Waals surface area contributed by atoms with Crippen LogP contribution in [0.2, 0.25) is 0 Å². The van der Waals surface area contributed by atoms with Crippen LogP contribution < -0.4 is 0 Å². The zero-order chi connectivity index (χ0) is 21.9. The van der Waals surface area contributed by atoms with Gasteiger partial charge < -0.3 is 28.4 Å². The van der Waals surface area contributed by atoms with Gasteiger partial charge in [0.2, 0.25) is 0 Å². The highest BCUT2D eigenvalue weighted by Gasteiger charge is 2.42. The van der Waals surface area contributed by atoms with E-state index in [2.05, 4.69) is 0 Å². The molecule has 28 heavy (non-hydrogen) atoms. The Balaban J connectivity index is 5.86. The topological polar surface area (TPSA) is 141 Å². The standard InChI is InChI=1S/C17H26O11/c1-9(18)24-7-14(26-11(3)20)16(23-6)17(28-13(5)22)15(27-12(4)21)8-25-10(2)19/h14-17H,7-8H2,1-6H3/t14-,15+,16+,17+/m1/s1. The Morgan fingerprint density at radius 3 is 1.21 bits per heavy atom. The Bertz CT molecular complexity index is 571. The number of methoxy groups -OCH3 is 1. The Hall–Kier alpha value is -2.69. The van der Waals surface area contributed by atoms with Crippen molar-refractivity contribution in [1.82, 2.24) is 0 Å². The summed E-state index contributed by atoms with van der Waals surface area (Å²) in [5.41, 5.74) is 0. The van der Waals surface area contributed by atoms with Crippen LogP contribution in [0, 0.1) is 0 Å². The fourth-order valence-corrected chi connectivity index (χ4v) is 2.26.